The van der Waals surface area contributed by atoms with Gasteiger partial charge in [0.2, 0.25) is 0 Å². The molecule has 0 saturated heterocycles. The number of benzene rings is 3. The third-order valence-electron chi connectivity index (χ3n) is 5.76. The molecule has 0 saturated carbocycles. The maximum absolute atomic E-state index is 12.4. The fourth-order valence-electron chi connectivity index (χ4n) is 3.93. The van der Waals surface area contributed by atoms with E-state index in [4.69, 9.17) is 10.2 Å². The summed E-state index contributed by atoms with van der Waals surface area (Å²) < 4.78 is 13.4. The summed E-state index contributed by atoms with van der Waals surface area (Å²) in [7, 11) is -1.52. The van der Waals surface area contributed by atoms with Crippen LogP contribution in [0.2, 0.25) is 0 Å². The molecule has 0 aliphatic carbocycles. The van der Waals surface area contributed by atoms with Gasteiger partial charge in [-0.3, -0.25) is 0 Å². The summed E-state index contributed by atoms with van der Waals surface area (Å²) >= 11 is 0. The zero-order chi connectivity index (χ0) is 24.8. The largest absolute Gasteiger partial charge is 0.338 e. The molecular weight excluding hydrogens is 458 g/mol. The van der Waals surface area contributed by atoms with E-state index in [0.29, 0.717) is 17.9 Å². The molecule has 0 aliphatic rings. The maximum atomic E-state index is 12.4. The minimum Gasteiger partial charge on any atom is -0.338 e. The number of carbonyl (C=O) groups is 1. The molecule has 7 nitrogen and oxygen atoms in total. The summed E-state index contributed by atoms with van der Waals surface area (Å²) in [5, 5.41) is 16.2. The van der Waals surface area contributed by atoms with E-state index in [1.807, 2.05) is 79.2 Å². The molecule has 2 amide bonds. The molecular formula is C27H29N5O2S. The fourth-order valence-corrected chi connectivity index (χ4v) is 4.33. The van der Waals surface area contributed by atoms with Crippen molar-refractivity contribution in [1.82, 2.24) is 15.1 Å². The minimum atomic E-state index is -1.52. The third-order valence-corrected chi connectivity index (χ3v) is 6.49. The number of carbonyl (C=O) groups excluding carboxylic acids is 1. The molecule has 1 unspecified atom stereocenters. The van der Waals surface area contributed by atoms with Gasteiger partial charge in [-0.1, -0.05) is 48.5 Å². The van der Waals surface area contributed by atoms with Crippen LogP contribution in [0.3, 0.4) is 0 Å². The van der Waals surface area contributed by atoms with Gasteiger partial charge in [-0.05, 0) is 68.1 Å². The van der Waals surface area contributed by atoms with E-state index in [1.54, 1.807) is 12.1 Å². The summed E-state index contributed by atoms with van der Waals surface area (Å²) in [5.74, 6) is 0. The van der Waals surface area contributed by atoms with E-state index in [-0.39, 0.29) is 6.03 Å². The van der Waals surface area contributed by atoms with E-state index >= 15 is 0 Å². The SMILES string of the molecule is Cc1cccc(C)c1NC(=O)NCCCc1cc(-c2ccccc2)n(-c2ccc(S(N)=O)cc2)n1. The van der Waals surface area contributed by atoms with Crippen LogP contribution in [0.4, 0.5) is 10.5 Å². The number of aromatic nitrogens is 2. The van der Waals surface area contributed by atoms with E-state index < -0.39 is 11.0 Å². The zero-order valence-corrected chi connectivity index (χ0v) is 20.6. The van der Waals surface area contributed by atoms with Crippen LogP contribution in [0.5, 0.6) is 0 Å². The number of rotatable bonds is 8. The number of anilines is 1. The molecule has 180 valence electrons. The van der Waals surface area contributed by atoms with Crippen molar-refractivity contribution in [3.8, 4) is 16.9 Å². The Kier molecular flexibility index (Phi) is 7.74. The van der Waals surface area contributed by atoms with Gasteiger partial charge in [-0.25, -0.2) is 18.8 Å². The van der Waals surface area contributed by atoms with Gasteiger partial charge >= 0.3 is 6.03 Å². The molecule has 4 aromatic rings. The quantitative estimate of drug-likeness (QED) is 0.308. The lowest BCUT2D eigenvalue weighted by Crippen LogP contribution is -2.30. The number of urea groups is 1. The molecule has 0 fully saturated rings. The van der Waals surface area contributed by atoms with Crippen molar-refractivity contribution in [2.45, 2.75) is 31.6 Å². The third kappa shape index (κ3) is 6.03. The predicted octanol–water partition coefficient (Wildman–Crippen LogP) is 4.89. The highest BCUT2D eigenvalue weighted by atomic mass is 32.2. The van der Waals surface area contributed by atoms with Gasteiger partial charge < -0.3 is 10.6 Å². The highest BCUT2D eigenvalue weighted by Gasteiger charge is 2.13. The Morgan fingerprint density at radius 3 is 2.31 bits per heavy atom. The summed E-state index contributed by atoms with van der Waals surface area (Å²) in [6, 6.07) is 25.1. The Morgan fingerprint density at radius 2 is 1.66 bits per heavy atom. The average molecular weight is 488 g/mol. The molecule has 0 radical (unpaired) electrons. The van der Waals surface area contributed by atoms with Gasteiger partial charge in [0.15, 0.2) is 0 Å². The first-order chi connectivity index (χ1) is 16.9. The lowest BCUT2D eigenvalue weighted by atomic mass is 10.1. The first kappa shape index (κ1) is 24.4. The zero-order valence-electron chi connectivity index (χ0n) is 19.8. The van der Waals surface area contributed by atoms with Gasteiger partial charge in [0.1, 0.15) is 11.0 Å². The Labute approximate surface area is 208 Å². The van der Waals surface area contributed by atoms with Gasteiger partial charge in [0, 0.05) is 17.8 Å². The molecule has 1 heterocycles. The predicted molar refractivity (Wildman–Crippen MR) is 141 cm³/mol. The normalized spacial score (nSPS) is 11.7. The van der Waals surface area contributed by atoms with Crippen LogP contribution in [0, 0.1) is 13.8 Å². The van der Waals surface area contributed by atoms with Crippen LogP contribution in [0.25, 0.3) is 16.9 Å². The number of nitrogens with one attached hydrogen (secondary N) is 2. The molecule has 1 atom stereocenters. The van der Waals surface area contributed by atoms with Gasteiger partial charge in [0.05, 0.1) is 22.0 Å². The second-order valence-corrected chi connectivity index (χ2v) is 9.41. The van der Waals surface area contributed by atoms with Gasteiger partial charge in [0.25, 0.3) is 0 Å². The number of nitrogens with two attached hydrogens (primary N) is 1. The smallest absolute Gasteiger partial charge is 0.319 e. The molecule has 3 aromatic carbocycles. The molecule has 1 aromatic heterocycles. The highest BCUT2D eigenvalue weighted by molar-refractivity contribution is 7.82. The van der Waals surface area contributed by atoms with Crippen molar-refractivity contribution in [1.29, 1.82) is 0 Å². The van der Waals surface area contributed by atoms with Crippen molar-refractivity contribution in [2.24, 2.45) is 5.14 Å². The first-order valence-electron chi connectivity index (χ1n) is 11.4. The van der Waals surface area contributed by atoms with Gasteiger partial charge in [-0.2, -0.15) is 5.10 Å². The van der Waals surface area contributed by atoms with E-state index in [2.05, 4.69) is 16.7 Å². The molecule has 4 N–H and O–H groups in total. The Hall–Kier alpha value is -3.75. The van der Waals surface area contributed by atoms with Crippen LogP contribution in [-0.4, -0.2) is 26.6 Å². The Bertz CT molecular complexity index is 1310. The maximum Gasteiger partial charge on any atom is 0.319 e. The molecule has 0 bridgehead atoms. The molecule has 4 rings (SSSR count). The summed E-state index contributed by atoms with van der Waals surface area (Å²) in [4.78, 5) is 12.9. The second kappa shape index (κ2) is 11.1. The Morgan fingerprint density at radius 1 is 0.971 bits per heavy atom. The number of amides is 2. The lowest BCUT2D eigenvalue weighted by molar-refractivity contribution is 0.252. The van der Waals surface area contributed by atoms with Crippen molar-refractivity contribution in [3.05, 3.63) is 95.7 Å². The van der Waals surface area contributed by atoms with E-state index in [9.17, 15) is 9.00 Å². The fraction of sp³-hybridized carbons (Fsp3) is 0.185. The van der Waals surface area contributed by atoms with Crippen LogP contribution in [0.15, 0.2) is 83.8 Å². The lowest BCUT2D eigenvalue weighted by Gasteiger charge is -2.12. The molecule has 0 aliphatic heterocycles. The monoisotopic (exact) mass is 487 g/mol. The standard InChI is InChI=1S/C27H29N5O2S/c1-19-8-6-9-20(2)26(19)30-27(33)29-17-7-12-22-18-25(21-10-4-3-5-11-21)32(31-22)23-13-15-24(16-14-23)35(28)34/h3-6,8-11,13-16,18H,7,12,17,28H2,1-2H3,(H2,29,30,33). The number of hydrogen-bond acceptors (Lipinski definition) is 3. The number of nitrogens with zero attached hydrogens (tertiary/aromatic N) is 2. The number of aryl methyl sites for hydroxylation is 3. The molecule has 8 heteroatoms. The van der Waals surface area contributed by atoms with E-state index in [0.717, 1.165) is 45.9 Å². The van der Waals surface area contributed by atoms with Crippen LogP contribution in [-0.2, 0) is 17.4 Å². The van der Waals surface area contributed by atoms with Gasteiger partial charge in [-0.15, -0.1) is 0 Å². The average Bonchev–Trinajstić information content (AvgIpc) is 3.29. The van der Waals surface area contributed by atoms with Crippen LogP contribution >= 0.6 is 0 Å². The van der Waals surface area contributed by atoms with Crippen molar-refractivity contribution < 1.29 is 9.00 Å². The van der Waals surface area contributed by atoms with E-state index in [1.165, 1.54) is 0 Å². The number of para-hydroxylation sites is 1. The number of hydrogen-bond donors (Lipinski definition) is 3. The summed E-state index contributed by atoms with van der Waals surface area (Å²) in [5.41, 5.74) is 6.70. The van der Waals surface area contributed by atoms with Crippen LogP contribution < -0.4 is 15.8 Å². The topological polar surface area (TPSA) is 102 Å². The van der Waals surface area contributed by atoms with Crippen molar-refractivity contribution in [3.63, 3.8) is 0 Å². The minimum absolute atomic E-state index is 0.213. The summed E-state index contributed by atoms with van der Waals surface area (Å²) in [6.45, 7) is 4.49. The van der Waals surface area contributed by atoms with Crippen molar-refractivity contribution in [2.75, 3.05) is 11.9 Å². The summed E-state index contributed by atoms with van der Waals surface area (Å²) in [6.07, 6.45) is 1.46. The molecule has 0 spiro atoms. The first-order valence-corrected chi connectivity index (χ1v) is 12.7. The van der Waals surface area contributed by atoms with Crippen molar-refractivity contribution >= 4 is 22.7 Å². The second-order valence-electron chi connectivity index (χ2n) is 8.34. The highest BCUT2D eigenvalue weighted by Crippen LogP contribution is 2.25. The van der Waals surface area contributed by atoms with Crippen LogP contribution in [0.1, 0.15) is 23.2 Å². The molecule has 35 heavy (non-hydrogen) atoms. The Balaban J connectivity index is 1.43.